The van der Waals surface area contributed by atoms with Crippen molar-refractivity contribution in [1.29, 1.82) is 0 Å². The molecule has 1 N–H and O–H groups in total. The zero-order valence-corrected chi connectivity index (χ0v) is 15.3. The maximum Gasteiger partial charge on any atom is 0.232 e. The molecular formula is C19H27NO3S. The number of rotatable bonds is 5. The highest BCUT2D eigenvalue weighted by Gasteiger charge is 2.56. The van der Waals surface area contributed by atoms with Crippen LogP contribution in [-0.4, -0.2) is 53.6 Å². The summed E-state index contributed by atoms with van der Waals surface area (Å²) in [7, 11) is 0. The Morgan fingerprint density at radius 2 is 2.00 bits per heavy atom. The zero-order valence-electron chi connectivity index (χ0n) is 14.5. The highest BCUT2D eigenvalue weighted by Crippen LogP contribution is 2.50. The van der Waals surface area contributed by atoms with Gasteiger partial charge in [0.1, 0.15) is 0 Å². The van der Waals surface area contributed by atoms with Gasteiger partial charge in [0.15, 0.2) is 0 Å². The second-order valence-corrected chi connectivity index (χ2v) is 7.96. The maximum atomic E-state index is 12.5. The molecule has 24 heavy (non-hydrogen) atoms. The average Bonchev–Trinajstić information content (AvgIpc) is 2.61. The maximum absolute atomic E-state index is 12.5. The predicted molar refractivity (Wildman–Crippen MR) is 96.2 cm³/mol. The van der Waals surface area contributed by atoms with Crippen LogP contribution in [0.2, 0.25) is 0 Å². The summed E-state index contributed by atoms with van der Waals surface area (Å²) in [6.45, 7) is 6.21. The molecule has 0 radical (unpaired) electrons. The molecule has 1 aliphatic carbocycles. The van der Waals surface area contributed by atoms with E-state index in [1.807, 2.05) is 11.8 Å². The molecule has 2 fully saturated rings. The Bertz CT molecular complexity index is 564. The Morgan fingerprint density at radius 3 is 2.58 bits per heavy atom. The van der Waals surface area contributed by atoms with Crippen LogP contribution in [0.1, 0.15) is 31.7 Å². The van der Waals surface area contributed by atoms with Crippen molar-refractivity contribution in [2.75, 3.05) is 25.4 Å². The SMILES string of the molecule is CCO[C@H]1C[C@@H](O)C12CCN(C(=O)CSc1ccc(C)cc1)CC2. The number of hydrogen-bond acceptors (Lipinski definition) is 4. The van der Waals surface area contributed by atoms with Gasteiger partial charge in [0.05, 0.1) is 18.0 Å². The van der Waals surface area contributed by atoms with Crippen molar-refractivity contribution < 1.29 is 14.6 Å². The number of amides is 1. The second kappa shape index (κ2) is 7.46. The van der Waals surface area contributed by atoms with Crippen molar-refractivity contribution in [2.45, 2.75) is 50.2 Å². The van der Waals surface area contributed by atoms with Crippen LogP contribution in [0, 0.1) is 12.3 Å². The Kier molecular flexibility index (Phi) is 5.52. The van der Waals surface area contributed by atoms with Crippen LogP contribution in [0.4, 0.5) is 0 Å². The Morgan fingerprint density at radius 1 is 1.33 bits per heavy atom. The van der Waals surface area contributed by atoms with Crippen molar-refractivity contribution in [2.24, 2.45) is 5.41 Å². The molecule has 0 unspecified atom stereocenters. The lowest BCUT2D eigenvalue weighted by molar-refractivity contribution is -0.209. The van der Waals surface area contributed by atoms with Crippen molar-refractivity contribution in [1.82, 2.24) is 4.90 Å². The van der Waals surface area contributed by atoms with Crippen LogP contribution >= 0.6 is 11.8 Å². The highest BCUT2D eigenvalue weighted by atomic mass is 32.2. The summed E-state index contributed by atoms with van der Waals surface area (Å²) in [4.78, 5) is 15.5. The third-order valence-electron chi connectivity index (χ3n) is 5.54. The number of aryl methyl sites for hydroxylation is 1. The molecule has 2 aliphatic rings. The highest BCUT2D eigenvalue weighted by molar-refractivity contribution is 8.00. The van der Waals surface area contributed by atoms with E-state index in [4.69, 9.17) is 4.74 Å². The van der Waals surface area contributed by atoms with Gasteiger partial charge in [-0.05, 0) is 38.8 Å². The number of aliphatic hydroxyl groups is 1. The number of aliphatic hydroxyl groups excluding tert-OH is 1. The zero-order chi connectivity index (χ0) is 17.2. The molecule has 5 heteroatoms. The first-order valence-corrected chi connectivity index (χ1v) is 9.80. The summed E-state index contributed by atoms with van der Waals surface area (Å²) >= 11 is 1.59. The van der Waals surface area contributed by atoms with Gasteiger partial charge in [-0.25, -0.2) is 0 Å². The van der Waals surface area contributed by atoms with Gasteiger partial charge in [-0.3, -0.25) is 4.79 Å². The van der Waals surface area contributed by atoms with Gasteiger partial charge in [-0.1, -0.05) is 17.7 Å². The van der Waals surface area contributed by atoms with E-state index in [2.05, 4.69) is 31.2 Å². The topological polar surface area (TPSA) is 49.8 Å². The van der Waals surface area contributed by atoms with E-state index in [0.29, 0.717) is 12.4 Å². The fraction of sp³-hybridized carbons (Fsp3) is 0.632. The van der Waals surface area contributed by atoms with E-state index in [9.17, 15) is 9.90 Å². The largest absolute Gasteiger partial charge is 0.392 e. The third-order valence-corrected chi connectivity index (χ3v) is 6.54. The quantitative estimate of drug-likeness (QED) is 0.831. The van der Waals surface area contributed by atoms with E-state index < -0.39 is 0 Å². The number of carbonyl (C=O) groups is 1. The minimum absolute atomic E-state index is 0.114. The summed E-state index contributed by atoms with van der Waals surface area (Å²) in [5, 5.41) is 10.2. The van der Waals surface area contributed by atoms with Crippen LogP contribution in [-0.2, 0) is 9.53 Å². The summed E-state index contributed by atoms with van der Waals surface area (Å²) in [5.41, 5.74) is 1.12. The smallest absolute Gasteiger partial charge is 0.232 e. The molecule has 1 aliphatic heterocycles. The van der Waals surface area contributed by atoms with Crippen LogP contribution in [0.5, 0.6) is 0 Å². The van der Waals surface area contributed by atoms with Crippen LogP contribution in [0.25, 0.3) is 0 Å². The molecule has 1 amide bonds. The van der Waals surface area contributed by atoms with Crippen molar-refractivity contribution in [3.63, 3.8) is 0 Å². The van der Waals surface area contributed by atoms with Gasteiger partial charge >= 0.3 is 0 Å². The molecule has 1 saturated heterocycles. The number of carbonyl (C=O) groups excluding carboxylic acids is 1. The van der Waals surface area contributed by atoms with Gasteiger partial charge in [0.25, 0.3) is 0 Å². The van der Waals surface area contributed by atoms with Crippen LogP contribution in [0.15, 0.2) is 29.2 Å². The first-order valence-electron chi connectivity index (χ1n) is 8.82. The first-order chi connectivity index (χ1) is 11.5. The van der Waals surface area contributed by atoms with Crippen molar-refractivity contribution in [3.05, 3.63) is 29.8 Å². The van der Waals surface area contributed by atoms with Crippen LogP contribution < -0.4 is 0 Å². The van der Waals surface area contributed by atoms with E-state index in [1.165, 1.54) is 5.56 Å². The van der Waals surface area contributed by atoms with Crippen molar-refractivity contribution >= 4 is 17.7 Å². The summed E-state index contributed by atoms with van der Waals surface area (Å²) in [6.07, 6.45) is 2.33. The van der Waals surface area contributed by atoms with Gasteiger partial charge in [-0.15, -0.1) is 11.8 Å². The number of thioether (sulfide) groups is 1. The molecule has 1 aromatic rings. The Labute approximate surface area is 148 Å². The van der Waals surface area contributed by atoms with E-state index in [-0.39, 0.29) is 23.5 Å². The number of benzene rings is 1. The Balaban J connectivity index is 1.49. The first kappa shape index (κ1) is 17.8. The molecule has 1 heterocycles. The number of hydrogen-bond donors (Lipinski definition) is 1. The monoisotopic (exact) mass is 349 g/mol. The molecule has 1 spiro atoms. The summed E-state index contributed by atoms with van der Waals surface area (Å²) in [5.74, 6) is 0.672. The van der Waals surface area contributed by atoms with Crippen LogP contribution in [0.3, 0.4) is 0 Å². The normalized spacial score (nSPS) is 25.5. The molecule has 0 aromatic heterocycles. The number of ether oxygens (including phenoxy) is 1. The van der Waals surface area contributed by atoms with E-state index in [0.717, 1.165) is 37.2 Å². The van der Waals surface area contributed by atoms with E-state index in [1.54, 1.807) is 11.8 Å². The second-order valence-electron chi connectivity index (χ2n) is 6.91. The standard InChI is InChI=1S/C19H27NO3S/c1-3-23-17-12-16(21)19(17)8-10-20(11-9-19)18(22)13-24-15-6-4-14(2)5-7-15/h4-7,16-17,21H,3,8-13H2,1-2H3/t16-,17+/m1/s1. The lowest BCUT2D eigenvalue weighted by atomic mass is 9.58. The minimum atomic E-state index is -0.270. The van der Waals surface area contributed by atoms with E-state index >= 15 is 0 Å². The fourth-order valence-electron chi connectivity index (χ4n) is 3.86. The number of nitrogens with zero attached hydrogens (tertiary/aromatic N) is 1. The molecule has 132 valence electrons. The van der Waals surface area contributed by atoms with Gasteiger partial charge in [-0.2, -0.15) is 0 Å². The Hall–Kier alpha value is -1.04. The predicted octanol–water partition coefficient (Wildman–Crippen LogP) is 2.87. The van der Waals surface area contributed by atoms with Crippen molar-refractivity contribution in [3.8, 4) is 0 Å². The number of piperidine rings is 1. The van der Waals surface area contributed by atoms with Gasteiger partial charge < -0.3 is 14.7 Å². The minimum Gasteiger partial charge on any atom is -0.392 e. The lowest BCUT2D eigenvalue weighted by Gasteiger charge is -2.56. The third kappa shape index (κ3) is 3.48. The fourth-order valence-corrected chi connectivity index (χ4v) is 4.66. The molecule has 4 nitrogen and oxygen atoms in total. The molecular weight excluding hydrogens is 322 g/mol. The molecule has 1 saturated carbocycles. The molecule has 3 rings (SSSR count). The summed E-state index contributed by atoms with van der Waals surface area (Å²) in [6, 6.07) is 8.28. The molecule has 0 bridgehead atoms. The van der Waals surface area contributed by atoms with Gasteiger partial charge in [0.2, 0.25) is 5.91 Å². The lowest BCUT2D eigenvalue weighted by Crippen LogP contribution is -2.62. The molecule has 1 aromatic carbocycles. The average molecular weight is 349 g/mol. The number of likely N-dealkylation sites (tertiary alicyclic amines) is 1. The summed E-state index contributed by atoms with van der Waals surface area (Å²) < 4.78 is 5.78. The molecule has 2 atom stereocenters. The van der Waals surface area contributed by atoms with Gasteiger partial charge in [0, 0.05) is 36.4 Å².